The second-order valence-corrected chi connectivity index (χ2v) is 9.46. The van der Waals surface area contributed by atoms with E-state index in [1.807, 2.05) is 38.7 Å². The predicted molar refractivity (Wildman–Crippen MR) is 141 cm³/mol. The number of anilines is 2. The largest absolute Gasteiger partial charge is 0.369 e. The third-order valence-electron chi connectivity index (χ3n) is 6.43. The van der Waals surface area contributed by atoms with Crippen molar-refractivity contribution in [3.8, 4) is 0 Å². The molecular formula is C28H37FN4O3. The number of rotatable bonds is 8. The number of halogens is 1. The van der Waals surface area contributed by atoms with Gasteiger partial charge in [0.1, 0.15) is 5.82 Å². The van der Waals surface area contributed by atoms with Gasteiger partial charge in [-0.3, -0.25) is 14.4 Å². The minimum atomic E-state index is -0.604. The average molecular weight is 497 g/mol. The fraction of sp³-hybridized carbons (Fsp3) is 0.464. The van der Waals surface area contributed by atoms with Crippen LogP contribution in [0.5, 0.6) is 0 Å². The molecule has 1 saturated heterocycles. The standard InChI is InChI=1S/C28H37FN4O3/c1-5-31(6-2)28(36)23-19-21(30-27(35)22-10-7-8-11-24(22)29)12-13-25(23)32-14-9-15-33(17-16-32)26(34)18-20(3)4/h7-8,10-13,19-20H,5-6,9,14-18H2,1-4H3,(H,30,35). The van der Waals surface area contributed by atoms with E-state index in [1.54, 1.807) is 23.1 Å². The molecule has 0 aromatic heterocycles. The van der Waals surface area contributed by atoms with Crippen LogP contribution < -0.4 is 10.2 Å². The monoisotopic (exact) mass is 496 g/mol. The first kappa shape index (κ1) is 27.2. The maximum absolute atomic E-state index is 14.1. The topological polar surface area (TPSA) is 73.0 Å². The van der Waals surface area contributed by atoms with Crippen LogP contribution in [0, 0.1) is 11.7 Å². The maximum atomic E-state index is 14.1. The molecule has 0 spiro atoms. The maximum Gasteiger partial charge on any atom is 0.258 e. The van der Waals surface area contributed by atoms with Gasteiger partial charge in [-0.05, 0) is 56.5 Å². The van der Waals surface area contributed by atoms with Crippen molar-refractivity contribution < 1.29 is 18.8 Å². The van der Waals surface area contributed by atoms with Crippen LogP contribution >= 0.6 is 0 Å². The molecule has 3 rings (SSSR count). The van der Waals surface area contributed by atoms with Crippen molar-refractivity contribution in [2.24, 2.45) is 5.92 Å². The van der Waals surface area contributed by atoms with Gasteiger partial charge in [-0.25, -0.2) is 4.39 Å². The van der Waals surface area contributed by atoms with Crippen LogP contribution in [0.1, 0.15) is 61.3 Å². The normalized spacial score (nSPS) is 13.9. The Morgan fingerprint density at radius 3 is 2.36 bits per heavy atom. The summed E-state index contributed by atoms with van der Waals surface area (Å²) in [6.45, 7) is 11.7. The summed E-state index contributed by atoms with van der Waals surface area (Å²) < 4.78 is 14.1. The molecule has 2 aromatic rings. The highest BCUT2D eigenvalue weighted by molar-refractivity contribution is 6.06. The van der Waals surface area contributed by atoms with Crippen LogP contribution in [-0.2, 0) is 4.79 Å². The smallest absolute Gasteiger partial charge is 0.258 e. The van der Waals surface area contributed by atoms with E-state index in [2.05, 4.69) is 10.2 Å². The zero-order valence-electron chi connectivity index (χ0n) is 21.7. The summed E-state index contributed by atoms with van der Waals surface area (Å²) in [5.41, 5.74) is 1.61. The van der Waals surface area contributed by atoms with Gasteiger partial charge in [-0.2, -0.15) is 0 Å². The Hall–Kier alpha value is -3.42. The van der Waals surface area contributed by atoms with Crippen molar-refractivity contribution in [3.63, 3.8) is 0 Å². The Labute approximate surface area is 213 Å². The summed E-state index contributed by atoms with van der Waals surface area (Å²) in [4.78, 5) is 44.6. The molecule has 0 aliphatic carbocycles. The van der Waals surface area contributed by atoms with Crippen molar-refractivity contribution in [2.45, 2.75) is 40.5 Å². The first-order valence-corrected chi connectivity index (χ1v) is 12.8. The molecule has 0 bridgehead atoms. The second kappa shape index (κ2) is 12.5. The number of nitrogens with zero attached hydrogens (tertiary/aromatic N) is 3. The van der Waals surface area contributed by atoms with Crippen LogP contribution in [0.3, 0.4) is 0 Å². The first-order chi connectivity index (χ1) is 17.2. The van der Waals surface area contributed by atoms with E-state index in [4.69, 9.17) is 0 Å². The fourth-order valence-electron chi connectivity index (χ4n) is 4.47. The number of amides is 3. The molecule has 0 saturated carbocycles. The lowest BCUT2D eigenvalue weighted by molar-refractivity contribution is -0.131. The number of hydrogen-bond donors (Lipinski definition) is 1. The van der Waals surface area contributed by atoms with E-state index in [0.717, 1.165) is 12.1 Å². The third kappa shape index (κ3) is 6.62. The highest BCUT2D eigenvalue weighted by Crippen LogP contribution is 2.28. The SMILES string of the molecule is CCN(CC)C(=O)c1cc(NC(=O)c2ccccc2F)ccc1N1CCCN(C(=O)CC(C)C)CC1. The molecule has 1 N–H and O–H groups in total. The molecule has 1 aliphatic rings. The van der Waals surface area contributed by atoms with E-state index in [-0.39, 0.29) is 17.4 Å². The molecule has 3 amide bonds. The summed E-state index contributed by atoms with van der Waals surface area (Å²) in [5.74, 6) is -0.836. The fourth-order valence-corrected chi connectivity index (χ4v) is 4.47. The molecule has 0 unspecified atom stereocenters. The third-order valence-corrected chi connectivity index (χ3v) is 6.43. The molecule has 1 aliphatic heterocycles. The van der Waals surface area contributed by atoms with Gasteiger partial charge in [0, 0.05) is 57.1 Å². The Morgan fingerprint density at radius 2 is 1.69 bits per heavy atom. The van der Waals surface area contributed by atoms with Crippen molar-refractivity contribution in [2.75, 3.05) is 49.5 Å². The van der Waals surface area contributed by atoms with E-state index >= 15 is 0 Å². The molecule has 0 radical (unpaired) electrons. The summed E-state index contributed by atoms with van der Waals surface area (Å²) in [5, 5.41) is 2.73. The van der Waals surface area contributed by atoms with Crippen LogP contribution in [0.4, 0.5) is 15.8 Å². The number of carbonyl (C=O) groups excluding carboxylic acids is 3. The Kier molecular flexibility index (Phi) is 9.44. The zero-order valence-corrected chi connectivity index (χ0v) is 21.7. The van der Waals surface area contributed by atoms with Crippen molar-refractivity contribution in [1.82, 2.24) is 9.80 Å². The first-order valence-electron chi connectivity index (χ1n) is 12.8. The van der Waals surface area contributed by atoms with Gasteiger partial charge in [0.25, 0.3) is 11.8 Å². The zero-order chi connectivity index (χ0) is 26.2. The summed E-state index contributed by atoms with van der Waals surface area (Å²) >= 11 is 0. The van der Waals surface area contributed by atoms with E-state index in [9.17, 15) is 18.8 Å². The lowest BCUT2D eigenvalue weighted by Gasteiger charge is -2.28. The van der Waals surface area contributed by atoms with Crippen LogP contribution in [0.2, 0.25) is 0 Å². The summed E-state index contributed by atoms with van der Waals surface area (Å²) in [6.07, 6.45) is 1.33. The minimum absolute atomic E-state index is 0.0585. The summed E-state index contributed by atoms with van der Waals surface area (Å²) in [7, 11) is 0. The van der Waals surface area contributed by atoms with E-state index < -0.39 is 11.7 Å². The molecule has 8 heteroatoms. The van der Waals surface area contributed by atoms with Gasteiger partial charge in [0.05, 0.1) is 11.1 Å². The highest BCUT2D eigenvalue weighted by atomic mass is 19.1. The number of carbonyl (C=O) groups is 3. The number of nitrogens with one attached hydrogen (secondary N) is 1. The van der Waals surface area contributed by atoms with Crippen molar-refractivity contribution >= 4 is 29.1 Å². The van der Waals surface area contributed by atoms with Gasteiger partial charge >= 0.3 is 0 Å². The molecule has 2 aromatic carbocycles. The average Bonchev–Trinajstić information content (AvgIpc) is 3.11. The van der Waals surface area contributed by atoms with Gasteiger partial charge in [0.2, 0.25) is 5.91 Å². The molecular weight excluding hydrogens is 459 g/mol. The van der Waals surface area contributed by atoms with Crippen molar-refractivity contribution in [3.05, 3.63) is 59.4 Å². The van der Waals surface area contributed by atoms with Gasteiger partial charge in [-0.1, -0.05) is 26.0 Å². The van der Waals surface area contributed by atoms with Crippen LogP contribution in [0.25, 0.3) is 0 Å². The van der Waals surface area contributed by atoms with E-state index in [1.165, 1.54) is 18.2 Å². The van der Waals surface area contributed by atoms with E-state index in [0.29, 0.717) is 62.9 Å². The summed E-state index contributed by atoms with van der Waals surface area (Å²) in [6, 6.07) is 11.0. The second-order valence-electron chi connectivity index (χ2n) is 9.46. The predicted octanol–water partition coefficient (Wildman–Crippen LogP) is 4.64. The Morgan fingerprint density at radius 1 is 0.972 bits per heavy atom. The number of benzene rings is 2. The molecule has 1 fully saturated rings. The molecule has 0 atom stereocenters. The lowest BCUT2D eigenvalue weighted by atomic mass is 10.1. The van der Waals surface area contributed by atoms with Crippen LogP contribution in [-0.4, -0.2) is 66.8 Å². The Balaban J connectivity index is 1.88. The van der Waals surface area contributed by atoms with Gasteiger partial charge < -0.3 is 20.0 Å². The van der Waals surface area contributed by atoms with Gasteiger partial charge in [-0.15, -0.1) is 0 Å². The lowest BCUT2D eigenvalue weighted by Crippen LogP contribution is -2.37. The molecule has 1 heterocycles. The van der Waals surface area contributed by atoms with Crippen molar-refractivity contribution in [1.29, 1.82) is 0 Å². The van der Waals surface area contributed by atoms with Gasteiger partial charge in [0.15, 0.2) is 0 Å². The van der Waals surface area contributed by atoms with Crippen LogP contribution in [0.15, 0.2) is 42.5 Å². The quantitative estimate of drug-likeness (QED) is 0.578. The molecule has 7 nitrogen and oxygen atoms in total. The molecule has 36 heavy (non-hydrogen) atoms. The number of hydrogen-bond acceptors (Lipinski definition) is 4. The Bertz CT molecular complexity index is 1080. The highest BCUT2D eigenvalue weighted by Gasteiger charge is 2.25. The minimum Gasteiger partial charge on any atom is -0.369 e. The molecule has 194 valence electrons.